The van der Waals surface area contributed by atoms with Gasteiger partial charge in [0.1, 0.15) is 5.82 Å². The van der Waals surface area contributed by atoms with Gasteiger partial charge in [0, 0.05) is 37.6 Å². The van der Waals surface area contributed by atoms with Gasteiger partial charge in [-0.15, -0.1) is 0 Å². The van der Waals surface area contributed by atoms with Crippen molar-refractivity contribution in [3.05, 3.63) is 42.2 Å². The van der Waals surface area contributed by atoms with Gasteiger partial charge in [-0.1, -0.05) is 0 Å². The van der Waals surface area contributed by atoms with Crippen LogP contribution in [0.25, 0.3) is 11.0 Å². The van der Waals surface area contributed by atoms with Crippen LogP contribution in [0.1, 0.15) is 49.9 Å². The number of amides is 1. The lowest BCUT2D eigenvalue weighted by atomic mass is 9.93. The number of rotatable bonds is 8. The summed E-state index contributed by atoms with van der Waals surface area (Å²) in [4.78, 5) is 22.8. The molecule has 12 heteroatoms. The molecule has 2 aromatic heterocycles. The topological polar surface area (TPSA) is 137 Å². The first kappa shape index (κ1) is 28.0. The van der Waals surface area contributed by atoms with Crippen molar-refractivity contribution in [1.29, 1.82) is 0 Å². The Labute approximate surface area is 239 Å². The molecular weight excluding hydrogens is 546 g/mol. The number of nitrogens with zero attached hydrogens (tertiary/aromatic N) is 3. The molecule has 0 bridgehead atoms. The third-order valence-corrected chi connectivity index (χ3v) is 10.1. The number of aromatic nitrogens is 1. The minimum atomic E-state index is -3.89. The summed E-state index contributed by atoms with van der Waals surface area (Å²) < 4.78 is 40.0. The number of carbonyl (C=O) groups is 1. The van der Waals surface area contributed by atoms with E-state index in [1.54, 1.807) is 31.4 Å². The molecule has 0 unspecified atom stereocenters. The standard InChI is InChI=1S/C29H37N5O6S/c1-19(18-35)32-41(37,38)22-3-4-23(24(16-22)33-10-8-29(6-7-29)9-11-33)28(36)31-25-15-21-5-13-40-26(21)27(30-25)34-12-14-39-20(2)17-34/h3-5,13,15-16,19-20,32,35H,6-12,14,17-18H2,1-2H3,(H,30,31,36)/t19-,20+/m0/s1. The minimum Gasteiger partial charge on any atom is -0.460 e. The minimum absolute atomic E-state index is 0.0420. The van der Waals surface area contributed by atoms with Crippen LogP contribution in [-0.2, 0) is 14.8 Å². The van der Waals surface area contributed by atoms with E-state index in [0.29, 0.717) is 53.6 Å². The average Bonchev–Trinajstić information content (AvgIpc) is 3.53. The summed E-state index contributed by atoms with van der Waals surface area (Å²) in [6.07, 6.45) is 6.16. The van der Waals surface area contributed by atoms with E-state index >= 15 is 0 Å². The van der Waals surface area contributed by atoms with E-state index in [0.717, 1.165) is 31.3 Å². The van der Waals surface area contributed by atoms with Gasteiger partial charge >= 0.3 is 0 Å². The summed E-state index contributed by atoms with van der Waals surface area (Å²) in [6, 6.07) is 7.55. The molecule has 1 spiro atoms. The smallest absolute Gasteiger partial charge is 0.258 e. The van der Waals surface area contributed by atoms with Crippen LogP contribution >= 0.6 is 0 Å². The summed E-state index contributed by atoms with van der Waals surface area (Å²) in [5.41, 5.74) is 2.02. The summed E-state index contributed by atoms with van der Waals surface area (Å²) in [7, 11) is -3.89. The number of aliphatic hydroxyl groups excluding tert-OH is 1. The molecule has 3 aromatic rings. The third-order valence-electron chi connectivity index (χ3n) is 8.48. The molecule has 1 saturated carbocycles. The number of hydrogen-bond donors (Lipinski definition) is 3. The number of sulfonamides is 1. The molecule has 11 nitrogen and oxygen atoms in total. The summed E-state index contributed by atoms with van der Waals surface area (Å²) in [5, 5.41) is 13.2. The molecule has 3 N–H and O–H groups in total. The Morgan fingerprint density at radius 1 is 1.15 bits per heavy atom. The first-order chi connectivity index (χ1) is 19.7. The number of carbonyl (C=O) groups excluding carboxylic acids is 1. The van der Waals surface area contributed by atoms with Gasteiger partial charge in [0.05, 0.1) is 41.7 Å². The van der Waals surface area contributed by atoms with Gasteiger partial charge in [-0.2, -0.15) is 0 Å². The van der Waals surface area contributed by atoms with Crippen molar-refractivity contribution >= 4 is 44.2 Å². The highest BCUT2D eigenvalue weighted by atomic mass is 32.2. The van der Waals surface area contributed by atoms with Crippen molar-refractivity contribution in [2.75, 3.05) is 54.5 Å². The monoisotopic (exact) mass is 583 g/mol. The number of piperidine rings is 1. The molecule has 6 rings (SSSR count). The molecule has 0 radical (unpaired) electrons. The molecule has 1 aromatic carbocycles. The van der Waals surface area contributed by atoms with Crippen LogP contribution in [-0.4, -0.2) is 76.0 Å². The van der Waals surface area contributed by atoms with E-state index < -0.39 is 16.1 Å². The summed E-state index contributed by atoms with van der Waals surface area (Å²) >= 11 is 0. The van der Waals surface area contributed by atoms with Crippen LogP contribution in [0, 0.1) is 5.41 Å². The van der Waals surface area contributed by atoms with Crippen LogP contribution < -0.4 is 19.8 Å². The second-order valence-electron chi connectivity index (χ2n) is 11.6. The van der Waals surface area contributed by atoms with E-state index in [9.17, 15) is 18.3 Å². The second kappa shape index (κ2) is 10.9. The molecule has 1 amide bonds. The molecule has 220 valence electrons. The lowest BCUT2D eigenvalue weighted by Gasteiger charge is -2.35. The number of fused-ring (bicyclic) bond motifs is 1. The summed E-state index contributed by atoms with van der Waals surface area (Å²) in [5.74, 6) is 0.660. The van der Waals surface area contributed by atoms with Gasteiger partial charge in [0.25, 0.3) is 5.91 Å². The number of pyridine rings is 1. The predicted molar refractivity (Wildman–Crippen MR) is 156 cm³/mol. The zero-order chi connectivity index (χ0) is 28.8. The van der Waals surface area contributed by atoms with Gasteiger partial charge in [0.2, 0.25) is 10.0 Å². The summed E-state index contributed by atoms with van der Waals surface area (Å²) in [6.45, 7) is 6.67. The predicted octanol–water partition coefficient (Wildman–Crippen LogP) is 3.34. The fraction of sp³-hybridized carbons (Fsp3) is 0.517. The highest BCUT2D eigenvalue weighted by molar-refractivity contribution is 7.89. The van der Waals surface area contributed by atoms with Gasteiger partial charge in [-0.05, 0) is 75.3 Å². The fourth-order valence-electron chi connectivity index (χ4n) is 5.83. The Bertz CT molecular complexity index is 1540. The molecule has 2 saturated heterocycles. The molecule has 3 fully saturated rings. The van der Waals surface area contributed by atoms with Crippen LogP contribution in [0.5, 0.6) is 0 Å². The molecule has 3 aliphatic rings. The Morgan fingerprint density at radius 3 is 2.63 bits per heavy atom. The van der Waals surface area contributed by atoms with Crippen molar-refractivity contribution in [3.8, 4) is 0 Å². The van der Waals surface area contributed by atoms with Crippen molar-refractivity contribution in [1.82, 2.24) is 9.71 Å². The molecule has 1 aliphatic carbocycles. The SMILES string of the molecule is C[C@@H]1CN(c2nc(NC(=O)c3ccc(S(=O)(=O)N[C@@H](C)CO)cc3N3CCC4(CC3)CC4)cc3ccoc23)CCO1. The van der Waals surface area contributed by atoms with Crippen molar-refractivity contribution in [3.63, 3.8) is 0 Å². The number of hydrogen-bond acceptors (Lipinski definition) is 9. The third kappa shape index (κ3) is 5.78. The number of nitrogens with one attached hydrogen (secondary N) is 2. The second-order valence-corrected chi connectivity index (χ2v) is 13.3. The number of furan rings is 1. The van der Waals surface area contributed by atoms with Crippen LogP contribution in [0.15, 0.2) is 45.9 Å². The molecule has 2 atom stereocenters. The number of benzene rings is 1. The van der Waals surface area contributed by atoms with E-state index in [2.05, 4.69) is 19.8 Å². The largest absolute Gasteiger partial charge is 0.460 e. The maximum atomic E-state index is 13.8. The number of morpholine rings is 1. The number of ether oxygens (including phenoxy) is 1. The van der Waals surface area contributed by atoms with Gasteiger partial charge in [-0.25, -0.2) is 18.1 Å². The van der Waals surface area contributed by atoms with E-state index in [4.69, 9.17) is 14.1 Å². The van der Waals surface area contributed by atoms with Crippen LogP contribution in [0.2, 0.25) is 0 Å². The van der Waals surface area contributed by atoms with Gasteiger partial charge in [0.15, 0.2) is 11.4 Å². The van der Waals surface area contributed by atoms with Crippen LogP contribution in [0.4, 0.5) is 17.3 Å². The maximum absolute atomic E-state index is 13.8. The molecule has 41 heavy (non-hydrogen) atoms. The first-order valence-corrected chi connectivity index (χ1v) is 15.7. The highest BCUT2D eigenvalue weighted by Gasteiger charge is 2.44. The molecular formula is C29H37N5O6S. The fourth-order valence-corrected chi connectivity index (χ4v) is 7.09. The molecule has 4 heterocycles. The van der Waals surface area contributed by atoms with Crippen molar-refractivity contribution < 1.29 is 27.5 Å². The van der Waals surface area contributed by atoms with E-state index in [-0.39, 0.29) is 23.5 Å². The zero-order valence-corrected chi connectivity index (χ0v) is 24.2. The maximum Gasteiger partial charge on any atom is 0.258 e. The zero-order valence-electron chi connectivity index (χ0n) is 23.4. The van der Waals surface area contributed by atoms with Crippen LogP contribution in [0.3, 0.4) is 0 Å². The quantitative estimate of drug-likeness (QED) is 0.365. The van der Waals surface area contributed by atoms with E-state index in [1.807, 2.05) is 13.0 Å². The lowest BCUT2D eigenvalue weighted by Crippen LogP contribution is -2.41. The van der Waals surface area contributed by atoms with Gasteiger partial charge < -0.3 is 29.4 Å². The van der Waals surface area contributed by atoms with E-state index in [1.165, 1.54) is 18.9 Å². The van der Waals surface area contributed by atoms with Crippen molar-refractivity contribution in [2.45, 2.75) is 56.6 Å². The highest BCUT2D eigenvalue weighted by Crippen LogP contribution is 2.54. The Kier molecular flexibility index (Phi) is 7.43. The first-order valence-electron chi connectivity index (χ1n) is 14.2. The number of aliphatic hydroxyl groups is 1. The number of anilines is 3. The Morgan fingerprint density at radius 2 is 1.93 bits per heavy atom. The molecule has 2 aliphatic heterocycles. The Hall–Kier alpha value is -3.19. The average molecular weight is 584 g/mol. The normalized spacial score (nSPS) is 21.3. The van der Waals surface area contributed by atoms with Crippen molar-refractivity contribution in [2.24, 2.45) is 5.41 Å². The lowest BCUT2D eigenvalue weighted by molar-refractivity contribution is 0.0530. The van der Waals surface area contributed by atoms with Gasteiger partial charge in [-0.3, -0.25) is 4.79 Å². The Balaban J connectivity index is 1.32.